The number of hydrogen-bond acceptors (Lipinski definition) is 4. The Morgan fingerprint density at radius 2 is 2.31 bits per heavy atom. The van der Waals surface area contributed by atoms with Gasteiger partial charge in [-0.25, -0.2) is 9.07 Å². The minimum absolute atomic E-state index is 0.175. The van der Waals surface area contributed by atoms with Crippen molar-refractivity contribution in [2.45, 2.75) is 6.04 Å². The fourth-order valence-electron chi connectivity index (χ4n) is 1.43. The molecule has 0 radical (unpaired) electrons. The molecule has 1 unspecified atom stereocenters. The van der Waals surface area contributed by atoms with Gasteiger partial charge in [-0.2, -0.15) is 0 Å². The normalized spacial score (nSPS) is 12.8. The minimum Gasteiger partial charge on any atom is -0.318 e. The number of nitrogens with two attached hydrogens (primary N) is 1. The molecule has 5 nitrogen and oxygen atoms in total. The van der Waals surface area contributed by atoms with Crippen LogP contribution in [0, 0.1) is 5.82 Å². The van der Waals surface area contributed by atoms with Crippen molar-refractivity contribution in [3.8, 4) is 0 Å². The summed E-state index contributed by atoms with van der Waals surface area (Å²) < 4.78 is 15.5. The Balaban J connectivity index is 2.47. The summed E-state index contributed by atoms with van der Waals surface area (Å²) in [6.45, 7) is 0. The molecule has 0 amide bonds. The van der Waals surface area contributed by atoms with Gasteiger partial charge in [-0.1, -0.05) is 5.21 Å². The van der Waals surface area contributed by atoms with Gasteiger partial charge in [0.25, 0.3) is 0 Å². The van der Waals surface area contributed by atoms with Crippen LogP contribution in [0.2, 0.25) is 0 Å². The molecule has 84 valence electrons. The van der Waals surface area contributed by atoms with Crippen molar-refractivity contribution >= 4 is 15.9 Å². The zero-order valence-corrected chi connectivity index (χ0v) is 10.0. The second kappa shape index (κ2) is 4.26. The number of aromatic nitrogens is 4. The van der Waals surface area contributed by atoms with E-state index in [4.69, 9.17) is 5.73 Å². The van der Waals surface area contributed by atoms with Gasteiger partial charge in [-0.05, 0) is 28.1 Å². The summed E-state index contributed by atoms with van der Waals surface area (Å²) in [4.78, 5) is 3.93. The van der Waals surface area contributed by atoms with Crippen molar-refractivity contribution in [1.29, 1.82) is 0 Å². The molecule has 16 heavy (non-hydrogen) atoms. The lowest BCUT2D eigenvalue weighted by molar-refractivity contribution is 0.570. The fourth-order valence-corrected chi connectivity index (χ4v) is 2.00. The van der Waals surface area contributed by atoms with E-state index in [1.54, 1.807) is 7.05 Å². The van der Waals surface area contributed by atoms with Crippen molar-refractivity contribution in [2.75, 3.05) is 0 Å². The molecule has 0 spiro atoms. The quantitative estimate of drug-likeness (QED) is 0.899. The van der Waals surface area contributed by atoms with Crippen LogP contribution in [0.1, 0.15) is 17.4 Å². The van der Waals surface area contributed by atoms with Crippen LogP contribution < -0.4 is 5.73 Å². The van der Waals surface area contributed by atoms with Gasteiger partial charge in [0.05, 0.1) is 17.4 Å². The van der Waals surface area contributed by atoms with Gasteiger partial charge >= 0.3 is 0 Å². The first-order chi connectivity index (χ1) is 7.61. The molecule has 0 saturated heterocycles. The fraction of sp³-hybridized carbons (Fsp3) is 0.222. The highest BCUT2D eigenvalue weighted by Crippen LogP contribution is 2.24. The summed E-state index contributed by atoms with van der Waals surface area (Å²) >= 11 is 3.21. The molecular weight excluding hydrogens is 277 g/mol. The maximum absolute atomic E-state index is 13.5. The van der Waals surface area contributed by atoms with Gasteiger partial charge in [0.2, 0.25) is 0 Å². The van der Waals surface area contributed by atoms with Gasteiger partial charge in [0, 0.05) is 13.2 Å². The standard InChI is InChI=1S/C9H9BrFN5/c1-16-8(9(10)14-15-16)6(12)7-5(11)3-2-4-13-7/h2-4,6H,12H2,1H3. The molecule has 0 aliphatic heterocycles. The Morgan fingerprint density at radius 1 is 1.56 bits per heavy atom. The van der Waals surface area contributed by atoms with Crippen LogP contribution in [0.15, 0.2) is 22.9 Å². The van der Waals surface area contributed by atoms with E-state index < -0.39 is 11.9 Å². The predicted molar refractivity (Wildman–Crippen MR) is 58.9 cm³/mol. The molecule has 1 atom stereocenters. The second-order valence-corrected chi connectivity index (χ2v) is 3.99. The summed E-state index contributed by atoms with van der Waals surface area (Å²) in [5.74, 6) is -0.442. The highest BCUT2D eigenvalue weighted by molar-refractivity contribution is 9.10. The second-order valence-electron chi connectivity index (χ2n) is 3.24. The number of nitrogens with zero attached hydrogens (tertiary/aromatic N) is 4. The molecule has 0 bridgehead atoms. The molecule has 2 heterocycles. The summed E-state index contributed by atoms with van der Waals surface area (Å²) in [6, 6.07) is 2.14. The molecule has 2 aromatic rings. The lowest BCUT2D eigenvalue weighted by Crippen LogP contribution is -2.19. The summed E-state index contributed by atoms with van der Waals surface area (Å²) in [7, 11) is 1.69. The van der Waals surface area contributed by atoms with E-state index in [-0.39, 0.29) is 5.69 Å². The lowest BCUT2D eigenvalue weighted by Gasteiger charge is -2.11. The Labute approximate surface area is 99.6 Å². The molecule has 0 saturated carbocycles. The van der Waals surface area contributed by atoms with Gasteiger partial charge < -0.3 is 5.73 Å². The highest BCUT2D eigenvalue weighted by Gasteiger charge is 2.21. The Morgan fingerprint density at radius 3 is 2.88 bits per heavy atom. The van der Waals surface area contributed by atoms with Crippen LogP contribution in [0.25, 0.3) is 0 Å². The van der Waals surface area contributed by atoms with Crippen molar-refractivity contribution in [1.82, 2.24) is 20.0 Å². The zero-order valence-electron chi connectivity index (χ0n) is 8.43. The largest absolute Gasteiger partial charge is 0.318 e. The first-order valence-electron chi connectivity index (χ1n) is 4.52. The number of halogens is 2. The van der Waals surface area contributed by atoms with E-state index in [1.807, 2.05) is 0 Å². The van der Waals surface area contributed by atoms with E-state index in [0.717, 1.165) is 0 Å². The van der Waals surface area contributed by atoms with Gasteiger partial charge in [0.1, 0.15) is 5.82 Å². The summed E-state index contributed by atoms with van der Waals surface area (Å²) in [6.07, 6.45) is 1.50. The van der Waals surface area contributed by atoms with Gasteiger partial charge in [0.15, 0.2) is 4.60 Å². The van der Waals surface area contributed by atoms with Crippen LogP contribution in [0.5, 0.6) is 0 Å². The molecule has 7 heteroatoms. The van der Waals surface area contributed by atoms with Crippen molar-refractivity contribution in [3.05, 3.63) is 40.1 Å². The van der Waals surface area contributed by atoms with E-state index in [1.165, 1.54) is 23.0 Å². The van der Waals surface area contributed by atoms with Crippen LogP contribution in [-0.2, 0) is 7.05 Å². The van der Waals surface area contributed by atoms with Crippen LogP contribution in [-0.4, -0.2) is 20.0 Å². The number of rotatable bonds is 2. The summed E-state index contributed by atoms with van der Waals surface area (Å²) in [5, 5.41) is 7.57. The maximum Gasteiger partial charge on any atom is 0.153 e. The number of hydrogen-bond donors (Lipinski definition) is 1. The number of aryl methyl sites for hydroxylation is 1. The first-order valence-corrected chi connectivity index (χ1v) is 5.31. The van der Waals surface area contributed by atoms with Crippen LogP contribution >= 0.6 is 15.9 Å². The van der Waals surface area contributed by atoms with E-state index in [2.05, 4.69) is 31.2 Å². The molecule has 0 aliphatic carbocycles. The smallest absolute Gasteiger partial charge is 0.153 e. The third-order valence-corrected chi connectivity index (χ3v) is 2.77. The van der Waals surface area contributed by atoms with Crippen LogP contribution in [0.4, 0.5) is 4.39 Å². The van der Waals surface area contributed by atoms with Gasteiger partial charge in [-0.3, -0.25) is 4.98 Å². The molecule has 2 rings (SSSR count). The average molecular weight is 286 g/mol. The topological polar surface area (TPSA) is 69.6 Å². The maximum atomic E-state index is 13.5. The highest BCUT2D eigenvalue weighted by atomic mass is 79.9. The molecule has 2 aromatic heterocycles. The van der Waals surface area contributed by atoms with Crippen LogP contribution in [0.3, 0.4) is 0 Å². The molecule has 0 fully saturated rings. The molecular formula is C9H9BrFN5. The Hall–Kier alpha value is -1.34. The number of pyridine rings is 1. The monoisotopic (exact) mass is 285 g/mol. The Bertz CT molecular complexity index is 493. The average Bonchev–Trinajstić information content (AvgIpc) is 2.58. The lowest BCUT2D eigenvalue weighted by atomic mass is 10.1. The molecule has 2 N–H and O–H groups in total. The van der Waals surface area contributed by atoms with E-state index >= 15 is 0 Å². The minimum atomic E-state index is -0.699. The molecule has 0 aromatic carbocycles. The van der Waals surface area contributed by atoms with Gasteiger partial charge in [-0.15, -0.1) is 5.10 Å². The predicted octanol–water partition coefficient (Wildman–Crippen LogP) is 1.16. The van der Waals surface area contributed by atoms with Crippen molar-refractivity contribution in [2.24, 2.45) is 12.8 Å². The Kier molecular flexibility index (Phi) is 2.97. The van der Waals surface area contributed by atoms with E-state index in [0.29, 0.717) is 10.3 Å². The SMILES string of the molecule is Cn1nnc(Br)c1C(N)c1ncccc1F. The first kappa shape index (κ1) is 11.2. The van der Waals surface area contributed by atoms with Crippen molar-refractivity contribution in [3.63, 3.8) is 0 Å². The van der Waals surface area contributed by atoms with Crippen molar-refractivity contribution < 1.29 is 4.39 Å². The molecule has 0 aliphatic rings. The summed E-state index contributed by atoms with van der Waals surface area (Å²) in [5.41, 5.74) is 6.69. The van der Waals surface area contributed by atoms with E-state index in [9.17, 15) is 4.39 Å². The zero-order chi connectivity index (χ0) is 11.7. The third kappa shape index (κ3) is 1.83. The third-order valence-electron chi connectivity index (χ3n) is 2.20.